The maximum atomic E-state index is 13.5. The van der Waals surface area contributed by atoms with Crippen molar-refractivity contribution in [2.45, 2.75) is 19.6 Å². The van der Waals surface area contributed by atoms with Crippen LogP contribution in [0.15, 0.2) is 153 Å². The molecule has 0 atom stereocenters. The number of hydrogen-bond acceptors (Lipinski definition) is 6. The Morgan fingerprint density at radius 1 is 0.355 bits per heavy atom. The van der Waals surface area contributed by atoms with E-state index in [0.717, 1.165) is 24.3 Å². The van der Waals surface area contributed by atoms with Crippen LogP contribution in [0.1, 0.15) is 0 Å². The van der Waals surface area contributed by atoms with Crippen LogP contribution in [0.5, 0.6) is 0 Å². The average Bonchev–Trinajstić information content (AvgIpc) is 3.24. The van der Waals surface area contributed by atoms with Crippen molar-refractivity contribution < 1.29 is 66.4 Å². The molecule has 0 bridgehead atoms. The Kier molecular flexibility index (Phi) is 15.0. The zero-order valence-corrected chi connectivity index (χ0v) is 33.9. The summed E-state index contributed by atoms with van der Waals surface area (Å²) >= 11 is 11.4. The maximum absolute atomic E-state index is 13.5. The van der Waals surface area contributed by atoms with Gasteiger partial charge in [-0.1, -0.05) is 47.5 Å². The van der Waals surface area contributed by atoms with Crippen LogP contribution in [0, 0.1) is 52.4 Å². The molecule has 0 aromatic heterocycles. The Morgan fingerprint density at radius 2 is 0.581 bits per heavy atom. The van der Waals surface area contributed by atoms with Crippen molar-refractivity contribution in [2.75, 3.05) is 0 Å². The molecule has 0 aliphatic heterocycles. The molecule has 6 nitrogen and oxygen atoms in total. The quantitative estimate of drug-likeness (QED) is 0.0936. The fourth-order valence-electron chi connectivity index (χ4n) is 5.32. The molecular formula is C42H24BCl2F9O6S2. The molecule has 7 rings (SSSR count). The van der Waals surface area contributed by atoms with E-state index in [2.05, 4.69) is 0 Å². The van der Waals surface area contributed by atoms with Crippen LogP contribution in [0.4, 0.5) is 39.5 Å². The first-order valence-electron chi connectivity index (χ1n) is 17.1. The minimum Gasteiger partial charge on any atom is -0.423 e. The highest BCUT2D eigenvalue weighted by Crippen LogP contribution is 2.30. The molecule has 320 valence electrons. The Balaban J connectivity index is 0.000000207. The third-order valence-corrected chi connectivity index (χ3v) is 12.6. The molecule has 0 fully saturated rings. The highest BCUT2D eigenvalue weighted by molar-refractivity contribution is 7.91. The minimum absolute atomic E-state index is 0.0264. The molecule has 0 unspecified atom stereocenters. The largest absolute Gasteiger partial charge is 0.488 e. The molecular weight excluding hydrogens is 917 g/mol. The van der Waals surface area contributed by atoms with Gasteiger partial charge in [0.15, 0.2) is 52.4 Å². The van der Waals surface area contributed by atoms with Gasteiger partial charge >= 0.3 is 7.12 Å². The predicted octanol–water partition coefficient (Wildman–Crippen LogP) is 10.3. The van der Waals surface area contributed by atoms with Crippen molar-refractivity contribution in [3.8, 4) is 22.3 Å². The van der Waals surface area contributed by atoms with Gasteiger partial charge in [0, 0.05) is 10.0 Å². The zero-order chi connectivity index (χ0) is 45.7. The molecule has 2 N–H and O–H groups in total. The highest BCUT2D eigenvalue weighted by Gasteiger charge is 2.21. The van der Waals surface area contributed by atoms with Gasteiger partial charge < -0.3 is 10.0 Å². The van der Waals surface area contributed by atoms with E-state index in [1.807, 2.05) is 0 Å². The minimum atomic E-state index is -4.00. The Hall–Kier alpha value is -5.63. The lowest BCUT2D eigenvalue weighted by Crippen LogP contribution is -2.30. The summed E-state index contributed by atoms with van der Waals surface area (Å²) in [5.74, 6) is -13.2. The molecule has 0 amide bonds. The molecule has 20 heteroatoms. The van der Waals surface area contributed by atoms with Crippen molar-refractivity contribution in [3.05, 3.63) is 196 Å². The van der Waals surface area contributed by atoms with Crippen LogP contribution in [-0.4, -0.2) is 34.0 Å². The van der Waals surface area contributed by atoms with Gasteiger partial charge in [-0.2, -0.15) is 0 Å². The first-order valence-corrected chi connectivity index (χ1v) is 20.8. The topological polar surface area (TPSA) is 109 Å². The van der Waals surface area contributed by atoms with Crippen LogP contribution in [0.2, 0.25) is 10.0 Å². The van der Waals surface area contributed by atoms with E-state index in [1.165, 1.54) is 72.8 Å². The van der Waals surface area contributed by atoms with E-state index < -0.39 is 84.6 Å². The third-order valence-electron chi connectivity index (χ3n) is 8.52. The second-order valence-corrected chi connectivity index (χ2v) is 17.4. The predicted molar refractivity (Wildman–Crippen MR) is 213 cm³/mol. The van der Waals surface area contributed by atoms with Gasteiger partial charge in [-0.05, 0) is 137 Å². The SMILES string of the molecule is O=S(=O)(c1ccc(-c2cc(F)c(F)c(F)c2)cc1)c1ccc(-c2cc(F)c(F)c(F)c2)cc1.O=S(=O)(c1ccc(Cl)cc1)c1ccc(Cl)cc1.OB(O)c1cc(F)c(F)c(F)c1. The molecule has 0 spiro atoms. The summed E-state index contributed by atoms with van der Waals surface area (Å²) in [6, 6.07) is 26.5. The van der Waals surface area contributed by atoms with Crippen LogP contribution in [0.25, 0.3) is 22.3 Å². The lowest BCUT2D eigenvalue weighted by Gasteiger charge is -2.09. The fourth-order valence-corrected chi connectivity index (χ4v) is 8.10. The van der Waals surface area contributed by atoms with Crippen LogP contribution < -0.4 is 5.46 Å². The van der Waals surface area contributed by atoms with Gasteiger partial charge in [0.05, 0.1) is 19.6 Å². The van der Waals surface area contributed by atoms with Crippen molar-refractivity contribution in [2.24, 2.45) is 0 Å². The second-order valence-electron chi connectivity index (χ2n) is 12.6. The number of rotatable bonds is 7. The van der Waals surface area contributed by atoms with Crippen molar-refractivity contribution in [3.63, 3.8) is 0 Å². The summed E-state index contributed by atoms with van der Waals surface area (Å²) in [4.78, 5) is 0.176. The molecule has 0 saturated heterocycles. The smallest absolute Gasteiger partial charge is 0.423 e. The van der Waals surface area contributed by atoms with E-state index in [0.29, 0.717) is 22.2 Å². The van der Waals surface area contributed by atoms with E-state index in [9.17, 15) is 56.3 Å². The van der Waals surface area contributed by atoms with Gasteiger partial charge in [0.1, 0.15) is 0 Å². The van der Waals surface area contributed by atoms with E-state index >= 15 is 0 Å². The third kappa shape index (κ3) is 11.1. The lowest BCUT2D eigenvalue weighted by atomic mass is 9.80. The maximum Gasteiger partial charge on any atom is 0.488 e. The zero-order valence-electron chi connectivity index (χ0n) is 30.8. The molecule has 0 saturated carbocycles. The summed E-state index contributed by atoms with van der Waals surface area (Å²) in [6.07, 6.45) is 0. The summed E-state index contributed by atoms with van der Waals surface area (Å²) in [5.41, 5.74) is 0.160. The van der Waals surface area contributed by atoms with Crippen molar-refractivity contribution >= 4 is 55.5 Å². The monoisotopic (exact) mass is 940 g/mol. The fraction of sp³-hybridized carbons (Fsp3) is 0. The Labute approximate surface area is 358 Å². The second kappa shape index (κ2) is 19.6. The summed E-state index contributed by atoms with van der Waals surface area (Å²) in [6.45, 7) is 0. The molecule has 0 aliphatic rings. The van der Waals surface area contributed by atoms with E-state index in [1.54, 1.807) is 24.3 Å². The van der Waals surface area contributed by atoms with Gasteiger partial charge in [0.25, 0.3) is 0 Å². The van der Waals surface area contributed by atoms with Crippen LogP contribution in [-0.2, 0) is 19.7 Å². The van der Waals surface area contributed by atoms with E-state index in [4.69, 9.17) is 33.2 Å². The first-order chi connectivity index (χ1) is 29.1. The standard InChI is InChI=1S/C24H12F6O2S.C12H8Cl2O2S.C6H4BF3O2/c25-19-9-15(10-20(26)23(19)29)13-1-5-17(6-2-13)33(31,32)18-7-3-14(4-8-18)16-11-21(27)24(30)22(28)12-16;13-9-1-5-11(6-2-9)17(15,16)12-7-3-10(14)4-8-12;8-4-1-3(7(11)12)2-5(9)6(4)10/h1-12H;1-8H;1-2,11-12H. The van der Waals surface area contributed by atoms with Gasteiger partial charge in [0.2, 0.25) is 19.7 Å². The molecule has 0 aliphatic carbocycles. The van der Waals surface area contributed by atoms with Crippen LogP contribution >= 0.6 is 23.2 Å². The van der Waals surface area contributed by atoms with Crippen molar-refractivity contribution in [1.82, 2.24) is 0 Å². The molecule has 62 heavy (non-hydrogen) atoms. The van der Waals surface area contributed by atoms with Gasteiger partial charge in [-0.25, -0.2) is 56.3 Å². The normalized spacial score (nSPS) is 11.2. The summed E-state index contributed by atoms with van der Waals surface area (Å²) in [5, 5.41) is 17.9. The average molecular weight is 941 g/mol. The Morgan fingerprint density at radius 3 is 0.823 bits per heavy atom. The van der Waals surface area contributed by atoms with Crippen LogP contribution in [0.3, 0.4) is 0 Å². The number of sulfone groups is 2. The van der Waals surface area contributed by atoms with E-state index in [-0.39, 0.29) is 41.8 Å². The molecule has 0 heterocycles. The Bertz CT molecular complexity index is 2740. The molecule has 0 radical (unpaired) electrons. The molecule has 7 aromatic carbocycles. The lowest BCUT2D eigenvalue weighted by molar-refractivity contribution is 0.421. The highest BCUT2D eigenvalue weighted by atomic mass is 35.5. The van der Waals surface area contributed by atoms with Crippen molar-refractivity contribution in [1.29, 1.82) is 0 Å². The first kappa shape index (κ1) is 47.4. The molecule has 7 aromatic rings. The number of hydrogen-bond donors (Lipinski definition) is 2. The summed E-state index contributed by atoms with van der Waals surface area (Å²) < 4.78 is 167. The number of halogens is 11. The van der Waals surface area contributed by atoms with Gasteiger partial charge in [-0.3, -0.25) is 0 Å². The summed E-state index contributed by atoms with van der Waals surface area (Å²) in [7, 11) is -9.49. The van der Waals surface area contributed by atoms with Gasteiger partial charge in [-0.15, -0.1) is 0 Å². The number of benzene rings is 7.